The summed E-state index contributed by atoms with van der Waals surface area (Å²) in [6.45, 7) is 2.55. The van der Waals surface area contributed by atoms with Crippen molar-refractivity contribution in [2.24, 2.45) is 4.36 Å². The van der Waals surface area contributed by atoms with E-state index in [1.165, 1.54) is 50.4 Å². The van der Waals surface area contributed by atoms with E-state index >= 15 is 0 Å². The highest BCUT2D eigenvalue weighted by molar-refractivity contribution is 7.93. The van der Waals surface area contributed by atoms with Gasteiger partial charge < -0.3 is 15.2 Å². The monoisotopic (exact) mass is 539 g/mol. The predicted molar refractivity (Wildman–Crippen MR) is 126 cm³/mol. The highest BCUT2D eigenvalue weighted by Gasteiger charge is 2.32. The molecule has 37 heavy (non-hydrogen) atoms. The Labute approximate surface area is 209 Å². The molecule has 0 unspecified atom stereocenters. The molecule has 0 aliphatic carbocycles. The molecule has 8 nitrogen and oxygen atoms in total. The number of aliphatic hydroxyl groups is 1. The van der Waals surface area contributed by atoms with Crippen LogP contribution < -0.4 is 10.1 Å². The number of hydrogen-bond donors (Lipinski definition) is 2. The fourth-order valence-corrected chi connectivity index (χ4v) is 4.30. The lowest BCUT2D eigenvalue weighted by molar-refractivity contribution is -0.137. The summed E-state index contributed by atoms with van der Waals surface area (Å²) in [5, 5.41) is 11.8. The van der Waals surface area contributed by atoms with Crippen LogP contribution in [0.15, 0.2) is 63.9 Å². The van der Waals surface area contributed by atoms with Crippen molar-refractivity contribution in [3.63, 3.8) is 0 Å². The van der Waals surface area contributed by atoms with E-state index < -0.39 is 51.1 Å². The third-order valence-corrected chi connectivity index (χ3v) is 6.58. The summed E-state index contributed by atoms with van der Waals surface area (Å²) in [5.41, 5.74) is -1.22. The molecule has 196 valence electrons. The van der Waals surface area contributed by atoms with E-state index in [2.05, 4.69) is 14.7 Å². The van der Waals surface area contributed by atoms with Crippen LogP contribution in [0.5, 0.6) is 11.5 Å². The molecule has 0 saturated heterocycles. The lowest BCUT2D eigenvalue weighted by Crippen LogP contribution is -2.16. The lowest BCUT2D eigenvalue weighted by atomic mass is 10.1. The average Bonchev–Trinajstić information content (AvgIpc) is 2.80. The number of pyridine rings is 1. The Balaban J connectivity index is 1.98. The molecule has 1 heterocycles. The predicted octanol–water partition coefficient (Wildman–Crippen LogP) is 4.96. The minimum absolute atomic E-state index is 0.0460. The first kappa shape index (κ1) is 27.7. The molecule has 0 spiro atoms. The number of carbonyl (C=O) groups excluding carboxylic acids is 2. The number of hydrogen-bond acceptors (Lipinski definition) is 6. The van der Waals surface area contributed by atoms with Crippen molar-refractivity contribution in [2.45, 2.75) is 31.0 Å². The summed E-state index contributed by atoms with van der Waals surface area (Å²) < 4.78 is 75.2. The second kappa shape index (κ2) is 10.6. The maximum Gasteiger partial charge on any atom is 0.416 e. The topological polar surface area (TPSA) is 118 Å². The third-order valence-electron chi connectivity index (χ3n) is 4.93. The largest absolute Gasteiger partial charge is 0.455 e. The smallest absolute Gasteiger partial charge is 0.416 e. The Morgan fingerprint density at radius 3 is 2.43 bits per heavy atom. The molecule has 0 aliphatic rings. The molecule has 1 aromatic heterocycles. The number of ether oxygens (including phenoxy) is 1. The zero-order chi connectivity index (χ0) is 27.5. The number of aliphatic hydroxyl groups excluding tert-OH is 1. The molecular weight excluding hydrogens is 518 g/mol. The fourth-order valence-electron chi connectivity index (χ4n) is 3.02. The van der Waals surface area contributed by atoms with E-state index in [0.29, 0.717) is 12.1 Å². The van der Waals surface area contributed by atoms with Gasteiger partial charge in [-0.1, -0.05) is 6.07 Å². The van der Waals surface area contributed by atoms with Crippen LogP contribution in [-0.2, 0) is 20.7 Å². The molecule has 0 saturated carbocycles. The summed E-state index contributed by atoms with van der Waals surface area (Å²) in [4.78, 5) is 28.4. The molecule has 3 aromatic rings. The summed E-state index contributed by atoms with van der Waals surface area (Å²) in [7, 11) is -3.28. The first-order valence-corrected chi connectivity index (χ1v) is 12.5. The van der Waals surface area contributed by atoms with E-state index in [1.54, 1.807) is 0 Å². The number of rotatable bonds is 6. The van der Waals surface area contributed by atoms with Crippen LogP contribution in [0.1, 0.15) is 28.5 Å². The molecule has 3 rings (SSSR count). The Hall–Kier alpha value is -3.84. The number of halogens is 4. The molecule has 13 heteroatoms. The standard InChI is InChI=1S/C24H21F4N3O5S/c1-13-19(9-10-21(25)29-13)36-20-11-15(24(26,27)28)7-8-18(20)23(34)30-16-5-4-6-17(12-16)37(3,35)31-22(33)14(2)32/h4-12,14,32H,1-3H3,(H,30,34)/t14-,37-/m1/s1. The molecule has 2 atom stereocenters. The minimum Gasteiger partial charge on any atom is -0.455 e. The molecule has 2 aromatic carbocycles. The minimum atomic E-state index is -4.73. The van der Waals surface area contributed by atoms with Gasteiger partial charge in [-0.2, -0.15) is 21.9 Å². The SMILES string of the molecule is Cc1nc(F)ccc1Oc1cc(C(F)(F)F)ccc1C(=O)Nc1cccc([S@@](C)(=O)=NC(=O)[C@@H](C)O)c1. The van der Waals surface area contributed by atoms with Gasteiger partial charge in [0, 0.05) is 16.8 Å². The second-order valence-electron chi connectivity index (χ2n) is 7.92. The number of nitrogens with one attached hydrogen (secondary N) is 1. The number of anilines is 1. The van der Waals surface area contributed by atoms with Crippen molar-refractivity contribution in [1.29, 1.82) is 0 Å². The van der Waals surface area contributed by atoms with Gasteiger partial charge in [-0.15, -0.1) is 0 Å². The summed E-state index contributed by atoms with van der Waals surface area (Å²) >= 11 is 0. The van der Waals surface area contributed by atoms with E-state index in [1.807, 2.05) is 0 Å². The third kappa shape index (κ3) is 6.89. The Morgan fingerprint density at radius 1 is 1.11 bits per heavy atom. The van der Waals surface area contributed by atoms with Gasteiger partial charge in [-0.3, -0.25) is 9.59 Å². The zero-order valence-electron chi connectivity index (χ0n) is 19.7. The van der Waals surface area contributed by atoms with Crippen molar-refractivity contribution in [3.8, 4) is 11.5 Å². The van der Waals surface area contributed by atoms with Crippen molar-refractivity contribution in [1.82, 2.24) is 4.98 Å². The normalized spacial score (nSPS) is 13.8. The zero-order valence-corrected chi connectivity index (χ0v) is 20.5. The van der Waals surface area contributed by atoms with Crippen LogP contribution in [-0.4, -0.2) is 38.5 Å². The summed E-state index contributed by atoms with van der Waals surface area (Å²) in [6, 6.07) is 9.89. The van der Waals surface area contributed by atoms with Crippen molar-refractivity contribution in [2.75, 3.05) is 11.6 Å². The van der Waals surface area contributed by atoms with E-state index in [0.717, 1.165) is 12.1 Å². The van der Waals surface area contributed by atoms with Crippen LogP contribution in [0.2, 0.25) is 0 Å². The van der Waals surface area contributed by atoms with Crippen molar-refractivity contribution >= 4 is 27.2 Å². The maximum absolute atomic E-state index is 13.3. The van der Waals surface area contributed by atoms with Crippen LogP contribution in [0.3, 0.4) is 0 Å². The number of carbonyl (C=O) groups is 2. The molecule has 2 N–H and O–H groups in total. The Kier molecular flexibility index (Phi) is 7.98. The number of aryl methyl sites for hydroxylation is 1. The molecule has 0 bridgehead atoms. The Bertz CT molecular complexity index is 1480. The van der Waals surface area contributed by atoms with Gasteiger partial charge in [-0.05, 0) is 62.4 Å². The number of amides is 2. The van der Waals surface area contributed by atoms with E-state index in [4.69, 9.17) is 4.74 Å². The number of aromatic nitrogens is 1. The van der Waals surface area contributed by atoms with Crippen molar-refractivity contribution in [3.05, 3.63) is 77.4 Å². The van der Waals surface area contributed by atoms with Gasteiger partial charge >= 0.3 is 6.18 Å². The highest BCUT2D eigenvalue weighted by Crippen LogP contribution is 2.36. The van der Waals surface area contributed by atoms with Gasteiger partial charge in [-0.25, -0.2) is 9.19 Å². The Morgan fingerprint density at radius 2 is 1.81 bits per heavy atom. The van der Waals surface area contributed by atoms with Gasteiger partial charge in [0.05, 0.1) is 26.5 Å². The van der Waals surface area contributed by atoms with Crippen LogP contribution in [0.4, 0.5) is 23.2 Å². The molecule has 0 fully saturated rings. The fraction of sp³-hybridized carbons (Fsp3) is 0.208. The molecule has 2 amide bonds. The number of nitrogens with zero attached hydrogens (tertiary/aromatic N) is 2. The second-order valence-corrected chi connectivity index (χ2v) is 10.2. The highest BCUT2D eigenvalue weighted by atomic mass is 32.2. The lowest BCUT2D eigenvalue weighted by Gasteiger charge is -2.16. The summed E-state index contributed by atoms with van der Waals surface area (Å²) in [6.07, 6.45) is -5.01. The van der Waals surface area contributed by atoms with Crippen LogP contribution >= 0.6 is 0 Å². The van der Waals surface area contributed by atoms with Gasteiger partial charge in [0.15, 0.2) is 0 Å². The van der Waals surface area contributed by atoms with Gasteiger partial charge in [0.2, 0.25) is 5.95 Å². The molecule has 0 radical (unpaired) electrons. The number of alkyl halides is 3. The molecule has 0 aliphatic heterocycles. The maximum atomic E-state index is 13.3. The van der Waals surface area contributed by atoms with E-state index in [-0.39, 0.29) is 27.6 Å². The average molecular weight is 540 g/mol. The van der Waals surface area contributed by atoms with E-state index in [9.17, 15) is 36.5 Å². The van der Waals surface area contributed by atoms with Crippen LogP contribution in [0.25, 0.3) is 0 Å². The van der Waals surface area contributed by atoms with Gasteiger partial charge in [0.25, 0.3) is 11.8 Å². The number of benzene rings is 2. The molecular formula is C24H21F4N3O5S. The van der Waals surface area contributed by atoms with Crippen molar-refractivity contribution < 1.29 is 41.2 Å². The first-order valence-electron chi connectivity index (χ1n) is 10.5. The van der Waals surface area contributed by atoms with Crippen LogP contribution in [0, 0.1) is 12.9 Å². The summed E-state index contributed by atoms with van der Waals surface area (Å²) in [5.74, 6) is -3.20. The quantitative estimate of drug-likeness (QED) is 0.338. The van der Waals surface area contributed by atoms with Gasteiger partial charge in [0.1, 0.15) is 17.6 Å². The first-order chi connectivity index (χ1) is 17.2.